The molecule has 68 valence electrons. The van der Waals surface area contributed by atoms with Crippen molar-refractivity contribution in [3.05, 3.63) is 15.3 Å². The van der Waals surface area contributed by atoms with Crippen molar-refractivity contribution in [1.82, 2.24) is 14.8 Å². The third kappa shape index (κ3) is 1.83. The molecule has 1 aromatic rings. The number of aromatic amines is 2. The van der Waals surface area contributed by atoms with E-state index in [0.717, 1.165) is 0 Å². The molecule has 0 saturated carbocycles. The van der Waals surface area contributed by atoms with E-state index >= 15 is 0 Å². The van der Waals surface area contributed by atoms with Gasteiger partial charge < -0.3 is 4.74 Å². The zero-order chi connectivity index (χ0) is 9.14. The van der Waals surface area contributed by atoms with Crippen molar-refractivity contribution in [2.24, 2.45) is 0 Å². The highest BCUT2D eigenvalue weighted by Gasteiger charge is 2.04. The molecule has 0 aliphatic rings. The van der Waals surface area contributed by atoms with Crippen molar-refractivity contribution in [2.75, 3.05) is 7.11 Å². The maximum absolute atomic E-state index is 11.0. The molecule has 12 heavy (non-hydrogen) atoms. The Morgan fingerprint density at radius 2 is 2.33 bits per heavy atom. The Kier molecular flexibility index (Phi) is 2.83. The van der Waals surface area contributed by atoms with Crippen LogP contribution in [0.3, 0.4) is 0 Å². The summed E-state index contributed by atoms with van der Waals surface area (Å²) >= 11 is 4.86. The van der Waals surface area contributed by atoms with Crippen LogP contribution in [0.5, 0.6) is 0 Å². The number of nitrogens with zero attached hydrogens (tertiary/aromatic N) is 1. The largest absolute Gasteiger partial charge is 0.380 e. The van der Waals surface area contributed by atoms with Crippen LogP contribution in [0.4, 0.5) is 0 Å². The predicted octanol–water partition coefficient (Wildman–Crippen LogP) is 0.269. The summed E-state index contributed by atoms with van der Waals surface area (Å²) in [6, 6.07) is 0. The monoisotopic (exact) mass is 189 g/mol. The Bertz CT molecular complexity index is 323. The number of methoxy groups -OCH3 is 1. The Labute approximate surface area is 74.4 Å². The number of ether oxygens (including phenoxy) is 1. The standard InChI is InChI=1S/C6H11N3O2S/c1-4(11-2)3-9-5(10)7-8-6(9)12/h4H,3H2,1-2H3,(H,7,10)(H,8,12). The SMILES string of the molecule is COC(C)Cn1c(=O)[nH][nH]c1=S. The minimum atomic E-state index is -0.232. The van der Waals surface area contributed by atoms with Crippen LogP contribution in [0.25, 0.3) is 0 Å². The molecule has 1 atom stereocenters. The highest BCUT2D eigenvalue weighted by atomic mass is 32.1. The second-order valence-corrected chi connectivity index (χ2v) is 2.90. The van der Waals surface area contributed by atoms with Gasteiger partial charge >= 0.3 is 5.69 Å². The second kappa shape index (κ2) is 3.68. The lowest BCUT2D eigenvalue weighted by Gasteiger charge is -2.07. The first-order valence-electron chi connectivity index (χ1n) is 3.55. The lowest BCUT2D eigenvalue weighted by molar-refractivity contribution is 0.102. The molecule has 0 aliphatic heterocycles. The molecule has 1 aromatic heterocycles. The first-order chi connectivity index (χ1) is 5.65. The summed E-state index contributed by atoms with van der Waals surface area (Å²) in [4.78, 5) is 11.0. The normalized spacial score (nSPS) is 13.2. The van der Waals surface area contributed by atoms with Gasteiger partial charge in [0.2, 0.25) is 0 Å². The van der Waals surface area contributed by atoms with Gasteiger partial charge in [0.15, 0.2) is 4.77 Å². The van der Waals surface area contributed by atoms with Crippen molar-refractivity contribution in [1.29, 1.82) is 0 Å². The smallest absolute Gasteiger partial charge is 0.342 e. The summed E-state index contributed by atoms with van der Waals surface area (Å²) < 4.78 is 6.81. The number of aromatic nitrogens is 3. The van der Waals surface area contributed by atoms with Crippen LogP contribution in [-0.2, 0) is 11.3 Å². The summed E-state index contributed by atoms with van der Waals surface area (Å²) in [6.07, 6.45) is -0.0198. The fourth-order valence-corrected chi connectivity index (χ4v) is 1.04. The minimum absolute atomic E-state index is 0.0198. The van der Waals surface area contributed by atoms with E-state index in [0.29, 0.717) is 11.3 Å². The van der Waals surface area contributed by atoms with Crippen molar-refractivity contribution >= 4 is 12.2 Å². The van der Waals surface area contributed by atoms with Gasteiger partial charge in [-0.15, -0.1) is 0 Å². The molecule has 2 N–H and O–H groups in total. The van der Waals surface area contributed by atoms with Crippen molar-refractivity contribution in [3.63, 3.8) is 0 Å². The fraction of sp³-hybridized carbons (Fsp3) is 0.667. The molecule has 5 nitrogen and oxygen atoms in total. The fourth-order valence-electron chi connectivity index (χ4n) is 0.832. The van der Waals surface area contributed by atoms with E-state index in [-0.39, 0.29) is 11.8 Å². The molecule has 0 spiro atoms. The van der Waals surface area contributed by atoms with E-state index in [4.69, 9.17) is 17.0 Å². The lowest BCUT2D eigenvalue weighted by atomic mass is 10.4. The summed E-state index contributed by atoms with van der Waals surface area (Å²) in [7, 11) is 1.59. The van der Waals surface area contributed by atoms with E-state index in [1.54, 1.807) is 7.11 Å². The summed E-state index contributed by atoms with van der Waals surface area (Å²) in [5.74, 6) is 0. The summed E-state index contributed by atoms with van der Waals surface area (Å²) in [6.45, 7) is 2.34. The van der Waals surface area contributed by atoms with Crippen molar-refractivity contribution in [3.8, 4) is 0 Å². The van der Waals surface area contributed by atoms with Gasteiger partial charge in [-0.3, -0.25) is 9.67 Å². The quantitative estimate of drug-likeness (QED) is 0.671. The van der Waals surface area contributed by atoms with Gasteiger partial charge in [0.1, 0.15) is 0 Å². The highest BCUT2D eigenvalue weighted by molar-refractivity contribution is 7.71. The van der Waals surface area contributed by atoms with E-state index < -0.39 is 0 Å². The molecule has 6 heteroatoms. The Morgan fingerprint density at radius 3 is 2.75 bits per heavy atom. The Morgan fingerprint density at radius 1 is 1.67 bits per heavy atom. The summed E-state index contributed by atoms with van der Waals surface area (Å²) in [5.41, 5.74) is -0.232. The molecule has 1 heterocycles. The minimum Gasteiger partial charge on any atom is -0.380 e. The third-order valence-corrected chi connectivity index (χ3v) is 1.93. The zero-order valence-electron chi connectivity index (χ0n) is 6.96. The molecule has 0 aliphatic carbocycles. The van der Waals surface area contributed by atoms with Crippen LogP contribution in [-0.4, -0.2) is 28.0 Å². The van der Waals surface area contributed by atoms with Crippen LogP contribution < -0.4 is 5.69 Å². The number of hydrogen-bond donors (Lipinski definition) is 2. The van der Waals surface area contributed by atoms with E-state index in [1.807, 2.05) is 6.92 Å². The first-order valence-corrected chi connectivity index (χ1v) is 3.96. The van der Waals surface area contributed by atoms with E-state index in [9.17, 15) is 4.79 Å². The van der Waals surface area contributed by atoms with Gasteiger partial charge in [-0.05, 0) is 19.1 Å². The molecular formula is C6H11N3O2S. The van der Waals surface area contributed by atoms with Crippen molar-refractivity contribution in [2.45, 2.75) is 19.6 Å². The number of hydrogen-bond acceptors (Lipinski definition) is 3. The topological polar surface area (TPSA) is 62.8 Å². The third-order valence-electron chi connectivity index (χ3n) is 1.61. The zero-order valence-corrected chi connectivity index (χ0v) is 7.77. The molecule has 1 unspecified atom stereocenters. The van der Waals surface area contributed by atoms with Crippen LogP contribution in [0.1, 0.15) is 6.92 Å². The van der Waals surface area contributed by atoms with Gasteiger partial charge in [-0.25, -0.2) is 9.89 Å². The Hall–Kier alpha value is -0.880. The average molecular weight is 189 g/mol. The molecule has 1 rings (SSSR count). The van der Waals surface area contributed by atoms with Gasteiger partial charge in [0, 0.05) is 7.11 Å². The Balaban J connectivity index is 2.88. The molecule has 0 amide bonds. The van der Waals surface area contributed by atoms with Gasteiger partial charge in [-0.1, -0.05) is 0 Å². The van der Waals surface area contributed by atoms with Gasteiger partial charge in [0.25, 0.3) is 0 Å². The molecule has 0 fully saturated rings. The first kappa shape index (κ1) is 9.21. The van der Waals surface area contributed by atoms with Crippen LogP contribution >= 0.6 is 12.2 Å². The van der Waals surface area contributed by atoms with E-state index in [1.165, 1.54) is 4.57 Å². The number of rotatable bonds is 3. The maximum Gasteiger partial charge on any atom is 0.342 e. The molecule has 0 bridgehead atoms. The molecule has 0 saturated heterocycles. The van der Waals surface area contributed by atoms with Crippen LogP contribution in [0.15, 0.2) is 4.79 Å². The number of H-pyrrole nitrogens is 2. The lowest BCUT2D eigenvalue weighted by Crippen LogP contribution is -2.24. The average Bonchev–Trinajstić information content (AvgIpc) is 2.35. The van der Waals surface area contributed by atoms with E-state index in [2.05, 4.69) is 10.2 Å². The van der Waals surface area contributed by atoms with Crippen LogP contribution in [0.2, 0.25) is 0 Å². The molecule has 0 aromatic carbocycles. The summed E-state index contributed by atoms with van der Waals surface area (Å²) in [5, 5.41) is 4.94. The van der Waals surface area contributed by atoms with Gasteiger partial charge in [-0.2, -0.15) is 0 Å². The van der Waals surface area contributed by atoms with Gasteiger partial charge in [0.05, 0.1) is 12.6 Å². The molecule has 0 radical (unpaired) electrons. The predicted molar refractivity (Wildman–Crippen MR) is 46.7 cm³/mol. The maximum atomic E-state index is 11.0. The second-order valence-electron chi connectivity index (χ2n) is 2.52. The van der Waals surface area contributed by atoms with Crippen LogP contribution in [0, 0.1) is 4.77 Å². The molecular weight excluding hydrogens is 178 g/mol. The highest BCUT2D eigenvalue weighted by Crippen LogP contribution is 1.91. The number of nitrogens with one attached hydrogen (secondary N) is 2. The van der Waals surface area contributed by atoms with Crippen molar-refractivity contribution < 1.29 is 4.74 Å².